The smallest absolute Gasteiger partial charge is 0.338 e. The van der Waals surface area contributed by atoms with Gasteiger partial charge in [0.2, 0.25) is 5.88 Å². The number of hydrogen-bond acceptors (Lipinski definition) is 4. The van der Waals surface area contributed by atoms with Crippen LogP contribution in [0, 0.1) is 0 Å². The number of benzene rings is 1. The maximum Gasteiger partial charge on any atom is 0.338 e. The number of methoxy groups -OCH3 is 1. The average molecular weight is 283 g/mol. The minimum Gasteiger partial charge on any atom is -0.473 e. The summed E-state index contributed by atoms with van der Waals surface area (Å²) in [6.45, 7) is 2.14. The molecular weight excluding hydrogens is 266 g/mol. The third-order valence-corrected chi connectivity index (χ3v) is 3.01. The molecule has 0 saturated carbocycles. The number of carbonyl (C=O) groups excluding carboxylic acids is 1. The lowest BCUT2D eigenvalue weighted by molar-refractivity contribution is -0.133. The first-order valence-corrected chi connectivity index (χ1v) is 6.63. The molecule has 0 spiro atoms. The minimum absolute atomic E-state index is 0.335. The second kappa shape index (κ2) is 7.24. The van der Waals surface area contributed by atoms with Gasteiger partial charge in [0.25, 0.3) is 0 Å². The van der Waals surface area contributed by atoms with Gasteiger partial charge in [-0.2, -0.15) is 0 Å². The zero-order valence-electron chi connectivity index (χ0n) is 12.1. The van der Waals surface area contributed by atoms with E-state index in [2.05, 4.69) is 4.98 Å². The van der Waals surface area contributed by atoms with E-state index in [1.165, 1.54) is 7.11 Å². The number of hydrogen-bond donors (Lipinski definition) is 0. The number of nitrogens with zero attached hydrogens (tertiary/aromatic N) is 1. The van der Waals surface area contributed by atoms with Gasteiger partial charge >= 0.3 is 5.97 Å². The fraction of sp³-hybridized carbons (Fsp3) is 0.176. The van der Waals surface area contributed by atoms with Crippen LogP contribution in [0.15, 0.2) is 54.7 Å². The van der Waals surface area contributed by atoms with Gasteiger partial charge in [-0.25, -0.2) is 9.78 Å². The first-order chi connectivity index (χ1) is 10.3. The highest BCUT2D eigenvalue weighted by Gasteiger charge is 2.15. The first-order valence-electron chi connectivity index (χ1n) is 6.63. The van der Waals surface area contributed by atoms with Crippen LogP contribution in [0.3, 0.4) is 0 Å². The molecular formula is C17H17NO3. The molecule has 0 aliphatic heterocycles. The van der Waals surface area contributed by atoms with Crippen molar-refractivity contribution in [3.63, 3.8) is 0 Å². The molecule has 0 amide bonds. The lowest BCUT2D eigenvalue weighted by atomic mass is 10.00. The lowest BCUT2D eigenvalue weighted by Crippen LogP contribution is -2.07. The van der Waals surface area contributed by atoms with Crippen molar-refractivity contribution in [3.8, 4) is 5.88 Å². The third kappa shape index (κ3) is 3.69. The van der Waals surface area contributed by atoms with Gasteiger partial charge in [0.1, 0.15) is 6.61 Å². The molecule has 0 aliphatic rings. The van der Waals surface area contributed by atoms with E-state index in [9.17, 15) is 4.79 Å². The zero-order chi connectivity index (χ0) is 15.1. The molecule has 1 heterocycles. The molecule has 0 aliphatic carbocycles. The number of allylic oxidation sites excluding steroid dienone is 1. The summed E-state index contributed by atoms with van der Waals surface area (Å²) in [4.78, 5) is 15.9. The van der Waals surface area contributed by atoms with E-state index in [0.717, 1.165) is 11.1 Å². The lowest BCUT2D eigenvalue weighted by Gasteiger charge is -2.12. The Morgan fingerprint density at radius 2 is 1.95 bits per heavy atom. The van der Waals surface area contributed by atoms with Crippen LogP contribution in [0.2, 0.25) is 0 Å². The largest absolute Gasteiger partial charge is 0.473 e. The molecule has 2 rings (SSSR count). The van der Waals surface area contributed by atoms with Crippen LogP contribution in [0.5, 0.6) is 5.88 Å². The van der Waals surface area contributed by atoms with E-state index in [1.54, 1.807) is 18.3 Å². The first kappa shape index (κ1) is 14.8. The Kier molecular flexibility index (Phi) is 5.10. The Hall–Kier alpha value is -2.62. The van der Waals surface area contributed by atoms with Crippen LogP contribution in [0.4, 0.5) is 0 Å². The van der Waals surface area contributed by atoms with Gasteiger partial charge in [-0.1, -0.05) is 36.4 Å². The SMILES string of the molecule is CC=C(C(=O)OC)c1ccccc1COc1ccccn1. The van der Waals surface area contributed by atoms with Crippen molar-refractivity contribution in [1.29, 1.82) is 0 Å². The predicted octanol–water partition coefficient (Wildman–Crippen LogP) is 3.24. The van der Waals surface area contributed by atoms with E-state index < -0.39 is 0 Å². The molecule has 0 unspecified atom stereocenters. The van der Waals surface area contributed by atoms with Crippen molar-refractivity contribution in [2.24, 2.45) is 0 Å². The van der Waals surface area contributed by atoms with Crippen molar-refractivity contribution in [3.05, 3.63) is 65.9 Å². The summed E-state index contributed by atoms with van der Waals surface area (Å²) in [5.41, 5.74) is 2.24. The number of pyridine rings is 1. The zero-order valence-corrected chi connectivity index (χ0v) is 12.1. The molecule has 0 fully saturated rings. The molecule has 4 nitrogen and oxygen atoms in total. The van der Waals surface area contributed by atoms with Gasteiger partial charge in [-0.05, 0) is 24.1 Å². The minimum atomic E-state index is -0.359. The predicted molar refractivity (Wildman–Crippen MR) is 80.7 cm³/mol. The second-order valence-corrected chi connectivity index (χ2v) is 4.31. The highest BCUT2D eigenvalue weighted by molar-refractivity contribution is 6.16. The highest BCUT2D eigenvalue weighted by Crippen LogP contribution is 2.22. The van der Waals surface area contributed by atoms with Gasteiger partial charge in [-0.15, -0.1) is 0 Å². The van der Waals surface area contributed by atoms with E-state index in [0.29, 0.717) is 18.1 Å². The summed E-state index contributed by atoms with van der Waals surface area (Å²) >= 11 is 0. The summed E-state index contributed by atoms with van der Waals surface area (Å²) in [5.74, 6) is 0.190. The molecule has 0 radical (unpaired) electrons. The molecule has 4 heteroatoms. The van der Waals surface area contributed by atoms with Crippen molar-refractivity contribution in [2.45, 2.75) is 13.5 Å². The topological polar surface area (TPSA) is 48.4 Å². The quantitative estimate of drug-likeness (QED) is 0.624. The molecule has 0 saturated heterocycles. The average Bonchev–Trinajstić information content (AvgIpc) is 2.55. The van der Waals surface area contributed by atoms with Crippen LogP contribution in [0.1, 0.15) is 18.1 Å². The molecule has 21 heavy (non-hydrogen) atoms. The van der Waals surface area contributed by atoms with Crippen LogP contribution in [0.25, 0.3) is 5.57 Å². The monoisotopic (exact) mass is 283 g/mol. The van der Waals surface area contributed by atoms with Crippen LogP contribution in [-0.4, -0.2) is 18.1 Å². The Labute approximate surface area is 124 Å². The van der Waals surface area contributed by atoms with Crippen LogP contribution in [-0.2, 0) is 16.1 Å². The fourth-order valence-corrected chi connectivity index (χ4v) is 1.99. The number of esters is 1. The highest BCUT2D eigenvalue weighted by atomic mass is 16.5. The van der Waals surface area contributed by atoms with Crippen molar-refractivity contribution < 1.29 is 14.3 Å². The van der Waals surface area contributed by atoms with Crippen molar-refractivity contribution >= 4 is 11.5 Å². The van der Waals surface area contributed by atoms with Crippen molar-refractivity contribution in [2.75, 3.05) is 7.11 Å². The van der Waals surface area contributed by atoms with Gasteiger partial charge < -0.3 is 9.47 Å². The number of aromatic nitrogens is 1. The van der Waals surface area contributed by atoms with E-state index in [4.69, 9.17) is 9.47 Å². The Morgan fingerprint density at radius 3 is 2.62 bits per heavy atom. The Morgan fingerprint density at radius 1 is 1.19 bits per heavy atom. The molecule has 0 atom stereocenters. The third-order valence-electron chi connectivity index (χ3n) is 3.01. The molecule has 0 bridgehead atoms. The van der Waals surface area contributed by atoms with E-state index in [-0.39, 0.29) is 5.97 Å². The van der Waals surface area contributed by atoms with E-state index >= 15 is 0 Å². The Balaban J connectivity index is 2.23. The maximum atomic E-state index is 11.8. The summed E-state index contributed by atoms with van der Waals surface area (Å²) in [7, 11) is 1.37. The van der Waals surface area contributed by atoms with Crippen LogP contribution >= 0.6 is 0 Å². The van der Waals surface area contributed by atoms with Crippen molar-refractivity contribution in [1.82, 2.24) is 4.98 Å². The van der Waals surface area contributed by atoms with Gasteiger partial charge in [0, 0.05) is 12.3 Å². The maximum absolute atomic E-state index is 11.8. The summed E-state index contributed by atoms with van der Waals surface area (Å²) in [5, 5.41) is 0. The second-order valence-electron chi connectivity index (χ2n) is 4.31. The summed E-state index contributed by atoms with van der Waals surface area (Å²) < 4.78 is 10.5. The fourth-order valence-electron chi connectivity index (χ4n) is 1.99. The van der Waals surface area contributed by atoms with Gasteiger partial charge in [0.05, 0.1) is 12.7 Å². The number of rotatable bonds is 5. The Bertz CT molecular complexity index is 635. The molecule has 1 aromatic heterocycles. The molecule has 1 aromatic carbocycles. The van der Waals surface area contributed by atoms with Gasteiger partial charge in [-0.3, -0.25) is 0 Å². The van der Waals surface area contributed by atoms with Gasteiger partial charge in [0.15, 0.2) is 0 Å². The number of carbonyl (C=O) groups is 1. The number of ether oxygens (including phenoxy) is 2. The summed E-state index contributed by atoms with van der Waals surface area (Å²) in [6, 6.07) is 13.1. The standard InChI is InChI=1S/C17H17NO3/c1-3-14(17(19)20-2)15-9-5-4-8-13(15)12-21-16-10-6-7-11-18-16/h3-11H,12H2,1-2H3. The molecule has 2 aromatic rings. The molecule has 0 N–H and O–H groups in total. The normalized spacial score (nSPS) is 11.0. The van der Waals surface area contributed by atoms with E-state index in [1.807, 2.05) is 43.3 Å². The van der Waals surface area contributed by atoms with Crippen LogP contribution < -0.4 is 4.74 Å². The molecule has 108 valence electrons. The summed E-state index contributed by atoms with van der Waals surface area (Å²) in [6.07, 6.45) is 3.42.